The summed E-state index contributed by atoms with van der Waals surface area (Å²) in [7, 11) is 0. The number of fused-ring (bicyclic) bond motifs is 2. The Morgan fingerprint density at radius 3 is 2.50 bits per heavy atom. The lowest BCUT2D eigenvalue weighted by Crippen LogP contribution is -1.97. The molecular weight excluding hydrogens is 294 g/mol. The molecule has 0 spiro atoms. The van der Waals surface area contributed by atoms with Crippen LogP contribution >= 0.6 is 0 Å². The third kappa shape index (κ3) is 2.44. The Kier molecular flexibility index (Phi) is 3.35. The summed E-state index contributed by atoms with van der Waals surface area (Å²) in [5, 5.41) is 5.81. The zero-order valence-corrected chi connectivity index (χ0v) is 13.8. The Morgan fingerprint density at radius 2 is 1.67 bits per heavy atom. The summed E-state index contributed by atoms with van der Waals surface area (Å²) in [6.45, 7) is 4.15. The van der Waals surface area contributed by atoms with Crippen molar-refractivity contribution in [1.29, 1.82) is 0 Å². The first kappa shape index (κ1) is 14.5. The molecular formula is C21H19N3. The number of nitrogens with two attached hydrogens (primary N) is 1. The number of para-hydroxylation sites is 2. The second-order valence-corrected chi connectivity index (χ2v) is 6.23. The lowest BCUT2D eigenvalue weighted by Gasteiger charge is -2.15. The Balaban J connectivity index is 2.02. The van der Waals surface area contributed by atoms with E-state index in [0.717, 1.165) is 44.4 Å². The van der Waals surface area contributed by atoms with Gasteiger partial charge in [-0.05, 0) is 49.2 Å². The van der Waals surface area contributed by atoms with Crippen LogP contribution in [0.5, 0.6) is 0 Å². The molecule has 4 aromatic rings. The van der Waals surface area contributed by atoms with E-state index in [1.807, 2.05) is 24.3 Å². The van der Waals surface area contributed by atoms with Crippen molar-refractivity contribution in [3.05, 3.63) is 71.8 Å². The van der Waals surface area contributed by atoms with Crippen molar-refractivity contribution in [2.75, 3.05) is 11.1 Å². The van der Waals surface area contributed by atoms with Crippen molar-refractivity contribution in [1.82, 2.24) is 4.98 Å². The third-order valence-electron chi connectivity index (χ3n) is 4.28. The van der Waals surface area contributed by atoms with E-state index >= 15 is 0 Å². The molecule has 0 atom stereocenters. The SMILES string of the molecule is Cc1cc(N)cc(Nc2c3ccccc3nc3c(C)cccc23)c1. The second-order valence-electron chi connectivity index (χ2n) is 6.23. The minimum atomic E-state index is 0.761. The Bertz CT molecular complexity index is 1050. The number of nitrogens with one attached hydrogen (secondary N) is 1. The van der Waals surface area contributed by atoms with E-state index in [-0.39, 0.29) is 0 Å². The van der Waals surface area contributed by atoms with Crippen molar-refractivity contribution >= 4 is 38.9 Å². The molecule has 0 amide bonds. The van der Waals surface area contributed by atoms with E-state index in [0.29, 0.717) is 0 Å². The highest BCUT2D eigenvalue weighted by Gasteiger charge is 2.11. The number of nitrogens with zero attached hydrogens (tertiary/aromatic N) is 1. The predicted molar refractivity (Wildman–Crippen MR) is 103 cm³/mol. The van der Waals surface area contributed by atoms with Crippen LogP contribution in [0.3, 0.4) is 0 Å². The quantitative estimate of drug-likeness (QED) is 0.388. The highest BCUT2D eigenvalue weighted by Crippen LogP contribution is 2.34. The topological polar surface area (TPSA) is 50.9 Å². The summed E-state index contributed by atoms with van der Waals surface area (Å²) < 4.78 is 0. The van der Waals surface area contributed by atoms with Crippen molar-refractivity contribution in [2.45, 2.75) is 13.8 Å². The van der Waals surface area contributed by atoms with Gasteiger partial charge in [-0.1, -0.05) is 36.4 Å². The van der Waals surface area contributed by atoms with E-state index in [9.17, 15) is 0 Å². The zero-order chi connectivity index (χ0) is 16.7. The summed E-state index contributed by atoms with van der Waals surface area (Å²) in [6.07, 6.45) is 0. The summed E-state index contributed by atoms with van der Waals surface area (Å²) in [5.41, 5.74) is 13.2. The number of benzene rings is 3. The van der Waals surface area contributed by atoms with E-state index in [1.54, 1.807) is 0 Å². The number of hydrogen-bond donors (Lipinski definition) is 2. The smallest absolute Gasteiger partial charge is 0.0759 e. The van der Waals surface area contributed by atoms with E-state index in [4.69, 9.17) is 10.7 Å². The summed E-state index contributed by atoms with van der Waals surface area (Å²) in [6, 6.07) is 20.5. The van der Waals surface area contributed by atoms with Gasteiger partial charge in [-0.2, -0.15) is 0 Å². The van der Waals surface area contributed by atoms with Crippen LogP contribution in [-0.2, 0) is 0 Å². The lowest BCUT2D eigenvalue weighted by molar-refractivity contribution is 1.41. The van der Waals surface area contributed by atoms with Gasteiger partial charge < -0.3 is 11.1 Å². The van der Waals surface area contributed by atoms with Gasteiger partial charge >= 0.3 is 0 Å². The van der Waals surface area contributed by atoms with Crippen LogP contribution in [-0.4, -0.2) is 4.98 Å². The van der Waals surface area contributed by atoms with Gasteiger partial charge in [0.25, 0.3) is 0 Å². The number of rotatable bonds is 2. The van der Waals surface area contributed by atoms with Gasteiger partial charge in [-0.25, -0.2) is 4.98 Å². The fraction of sp³-hybridized carbons (Fsp3) is 0.0952. The summed E-state index contributed by atoms with van der Waals surface area (Å²) >= 11 is 0. The average molecular weight is 313 g/mol. The Labute approximate surface area is 141 Å². The zero-order valence-electron chi connectivity index (χ0n) is 13.8. The van der Waals surface area contributed by atoms with Gasteiger partial charge in [0, 0.05) is 22.1 Å². The molecule has 4 rings (SSSR count). The van der Waals surface area contributed by atoms with Gasteiger partial charge in [0.05, 0.1) is 16.7 Å². The molecule has 1 heterocycles. The highest BCUT2D eigenvalue weighted by molar-refractivity contribution is 6.09. The second kappa shape index (κ2) is 5.53. The predicted octanol–water partition coefficient (Wildman–Crippen LogP) is 5.33. The lowest BCUT2D eigenvalue weighted by atomic mass is 10.0. The number of pyridine rings is 1. The van der Waals surface area contributed by atoms with Crippen molar-refractivity contribution in [2.24, 2.45) is 0 Å². The molecule has 24 heavy (non-hydrogen) atoms. The van der Waals surface area contributed by atoms with E-state index < -0.39 is 0 Å². The molecule has 0 saturated carbocycles. The Hall–Kier alpha value is -3.07. The van der Waals surface area contributed by atoms with Crippen molar-refractivity contribution in [3.63, 3.8) is 0 Å². The molecule has 0 bridgehead atoms. The molecule has 0 saturated heterocycles. The highest BCUT2D eigenvalue weighted by atomic mass is 14.9. The number of hydrogen-bond acceptors (Lipinski definition) is 3. The van der Waals surface area contributed by atoms with Crippen LogP contribution < -0.4 is 11.1 Å². The van der Waals surface area contributed by atoms with Gasteiger partial charge in [0.15, 0.2) is 0 Å². The summed E-state index contributed by atoms with van der Waals surface area (Å²) in [5.74, 6) is 0. The summed E-state index contributed by atoms with van der Waals surface area (Å²) in [4.78, 5) is 4.85. The number of nitrogen functional groups attached to an aromatic ring is 1. The van der Waals surface area contributed by atoms with Gasteiger partial charge in [0.1, 0.15) is 0 Å². The molecule has 0 aliphatic heterocycles. The van der Waals surface area contributed by atoms with Crippen LogP contribution in [0.4, 0.5) is 17.1 Å². The number of aromatic nitrogens is 1. The number of anilines is 3. The molecule has 3 nitrogen and oxygen atoms in total. The minimum absolute atomic E-state index is 0.761. The average Bonchev–Trinajstić information content (AvgIpc) is 2.55. The van der Waals surface area contributed by atoms with Crippen LogP contribution in [0.1, 0.15) is 11.1 Å². The van der Waals surface area contributed by atoms with Crippen LogP contribution in [0, 0.1) is 13.8 Å². The molecule has 1 aromatic heterocycles. The first-order chi connectivity index (χ1) is 11.6. The largest absolute Gasteiger partial charge is 0.399 e. The van der Waals surface area contributed by atoms with Gasteiger partial charge in [-0.3, -0.25) is 0 Å². The molecule has 0 radical (unpaired) electrons. The van der Waals surface area contributed by atoms with Crippen LogP contribution in [0.2, 0.25) is 0 Å². The monoisotopic (exact) mass is 313 g/mol. The van der Waals surface area contributed by atoms with Crippen molar-refractivity contribution in [3.8, 4) is 0 Å². The standard InChI is InChI=1S/C21H19N3/c1-13-10-15(22)12-16(11-13)23-21-17-7-3-4-9-19(17)24-20-14(2)6-5-8-18(20)21/h3-12H,22H2,1-2H3,(H,23,24). The molecule has 3 N–H and O–H groups in total. The third-order valence-corrected chi connectivity index (χ3v) is 4.28. The maximum Gasteiger partial charge on any atom is 0.0759 e. The normalized spacial score (nSPS) is 11.1. The fourth-order valence-corrected chi connectivity index (χ4v) is 3.22. The minimum Gasteiger partial charge on any atom is -0.399 e. The van der Waals surface area contributed by atoms with Gasteiger partial charge in [0.2, 0.25) is 0 Å². The molecule has 0 aliphatic rings. The maximum atomic E-state index is 6.01. The molecule has 0 unspecified atom stereocenters. The first-order valence-electron chi connectivity index (χ1n) is 8.04. The van der Waals surface area contributed by atoms with Crippen LogP contribution in [0.15, 0.2) is 60.7 Å². The molecule has 3 aromatic carbocycles. The molecule has 3 heteroatoms. The fourth-order valence-electron chi connectivity index (χ4n) is 3.22. The first-order valence-corrected chi connectivity index (χ1v) is 8.04. The van der Waals surface area contributed by atoms with Gasteiger partial charge in [-0.15, -0.1) is 0 Å². The van der Waals surface area contributed by atoms with Crippen LogP contribution in [0.25, 0.3) is 21.8 Å². The van der Waals surface area contributed by atoms with Crippen molar-refractivity contribution < 1.29 is 0 Å². The number of aryl methyl sites for hydroxylation is 2. The maximum absolute atomic E-state index is 6.01. The molecule has 0 aliphatic carbocycles. The molecule has 0 fully saturated rings. The van der Waals surface area contributed by atoms with E-state index in [2.05, 4.69) is 55.6 Å². The molecule has 118 valence electrons. The van der Waals surface area contributed by atoms with E-state index in [1.165, 1.54) is 5.56 Å². The Morgan fingerprint density at radius 1 is 0.875 bits per heavy atom.